The van der Waals surface area contributed by atoms with Gasteiger partial charge in [0.2, 0.25) is 5.91 Å². The number of nitrogens with zero attached hydrogens (tertiary/aromatic N) is 1. The van der Waals surface area contributed by atoms with Gasteiger partial charge in [-0.05, 0) is 62.9 Å². The Balaban J connectivity index is 1.51. The third kappa shape index (κ3) is 4.85. The first kappa shape index (κ1) is 18.9. The first-order valence-corrected chi connectivity index (χ1v) is 9.98. The first-order valence-electron chi connectivity index (χ1n) is 9.98. The predicted octanol–water partition coefficient (Wildman–Crippen LogP) is 2.56. The molecular formula is C21H31N3O2. The van der Waals surface area contributed by atoms with E-state index in [0.717, 1.165) is 50.0 Å². The summed E-state index contributed by atoms with van der Waals surface area (Å²) in [6.07, 6.45) is 6.63. The summed E-state index contributed by atoms with van der Waals surface area (Å²) < 4.78 is 0. The maximum absolute atomic E-state index is 12.7. The van der Waals surface area contributed by atoms with Crippen LogP contribution in [0.1, 0.15) is 54.4 Å². The van der Waals surface area contributed by atoms with Gasteiger partial charge in [-0.1, -0.05) is 25.0 Å². The zero-order valence-electron chi connectivity index (χ0n) is 15.8. The van der Waals surface area contributed by atoms with Crippen molar-refractivity contribution in [2.24, 2.45) is 11.8 Å². The molecule has 142 valence electrons. The molecule has 1 unspecified atom stereocenters. The fraction of sp³-hybridized carbons (Fsp3) is 0.619. The van der Waals surface area contributed by atoms with Gasteiger partial charge in [-0.15, -0.1) is 0 Å². The molecule has 5 nitrogen and oxygen atoms in total. The molecule has 1 aromatic rings. The summed E-state index contributed by atoms with van der Waals surface area (Å²) in [6.45, 7) is 3.18. The van der Waals surface area contributed by atoms with Gasteiger partial charge >= 0.3 is 0 Å². The maximum atomic E-state index is 12.7. The lowest BCUT2D eigenvalue weighted by molar-refractivity contribution is -0.124. The topological polar surface area (TPSA) is 61.4 Å². The maximum Gasteiger partial charge on any atom is 0.253 e. The highest BCUT2D eigenvalue weighted by atomic mass is 16.2. The van der Waals surface area contributed by atoms with E-state index in [2.05, 4.69) is 10.6 Å². The van der Waals surface area contributed by atoms with Crippen molar-refractivity contribution in [3.05, 3.63) is 35.4 Å². The fourth-order valence-corrected chi connectivity index (χ4v) is 4.17. The number of rotatable bonds is 6. The molecule has 1 saturated carbocycles. The van der Waals surface area contributed by atoms with Crippen molar-refractivity contribution in [3.8, 4) is 0 Å². The molecule has 1 atom stereocenters. The van der Waals surface area contributed by atoms with E-state index in [1.54, 1.807) is 0 Å². The number of carbonyl (C=O) groups excluding carboxylic acids is 2. The number of piperidine rings is 1. The zero-order valence-corrected chi connectivity index (χ0v) is 15.8. The highest BCUT2D eigenvalue weighted by Gasteiger charge is 2.24. The van der Waals surface area contributed by atoms with E-state index in [0.29, 0.717) is 12.5 Å². The average molecular weight is 357 g/mol. The van der Waals surface area contributed by atoms with Crippen molar-refractivity contribution in [3.63, 3.8) is 0 Å². The largest absolute Gasteiger partial charge is 0.352 e. The lowest BCUT2D eigenvalue weighted by Gasteiger charge is -2.32. The molecule has 26 heavy (non-hydrogen) atoms. The van der Waals surface area contributed by atoms with E-state index in [9.17, 15) is 9.59 Å². The second-order valence-electron chi connectivity index (χ2n) is 7.71. The highest BCUT2D eigenvalue weighted by molar-refractivity contribution is 5.94. The molecule has 2 amide bonds. The number of hydrogen-bond acceptors (Lipinski definition) is 3. The zero-order chi connectivity index (χ0) is 18.4. The Bertz CT molecular complexity index is 606. The van der Waals surface area contributed by atoms with Gasteiger partial charge in [-0.3, -0.25) is 9.59 Å². The van der Waals surface area contributed by atoms with Crippen molar-refractivity contribution in [2.75, 3.05) is 26.7 Å². The van der Waals surface area contributed by atoms with Gasteiger partial charge < -0.3 is 15.5 Å². The van der Waals surface area contributed by atoms with Crippen LogP contribution >= 0.6 is 0 Å². The molecule has 2 fully saturated rings. The third-order valence-electron chi connectivity index (χ3n) is 5.69. The van der Waals surface area contributed by atoms with Gasteiger partial charge in [0.15, 0.2) is 0 Å². The van der Waals surface area contributed by atoms with E-state index < -0.39 is 0 Å². The molecule has 0 bridgehead atoms. The van der Waals surface area contributed by atoms with Gasteiger partial charge in [0.1, 0.15) is 0 Å². The molecule has 1 saturated heterocycles. The molecule has 3 rings (SSSR count). The van der Waals surface area contributed by atoms with Gasteiger partial charge in [0.05, 0.1) is 0 Å². The van der Waals surface area contributed by atoms with Gasteiger partial charge in [-0.25, -0.2) is 0 Å². The van der Waals surface area contributed by atoms with E-state index in [-0.39, 0.29) is 17.7 Å². The third-order valence-corrected chi connectivity index (χ3v) is 5.69. The second-order valence-corrected chi connectivity index (χ2v) is 7.71. The molecule has 2 N–H and O–H groups in total. The molecule has 1 aromatic carbocycles. The number of likely N-dealkylation sites (tertiary alicyclic amines) is 1. The number of benzene rings is 1. The Morgan fingerprint density at radius 2 is 1.81 bits per heavy atom. The fourth-order valence-electron chi connectivity index (χ4n) is 4.17. The first-order chi connectivity index (χ1) is 12.7. The Morgan fingerprint density at radius 1 is 1.08 bits per heavy atom. The minimum Gasteiger partial charge on any atom is -0.352 e. The van der Waals surface area contributed by atoms with Crippen LogP contribution in [0, 0.1) is 11.8 Å². The summed E-state index contributed by atoms with van der Waals surface area (Å²) in [6, 6.07) is 7.69. The number of nitrogens with one attached hydrogen (secondary N) is 2. The van der Waals surface area contributed by atoms with Crippen molar-refractivity contribution in [2.45, 2.75) is 45.1 Å². The van der Waals surface area contributed by atoms with Crippen molar-refractivity contribution < 1.29 is 9.59 Å². The van der Waals surface area contributed by atoms with E-state index in [1.165, 1.54) is 19.3 Å². The van der Waals surface area contributed by atoms with Crippen LogP contribution in [-0.4, -0.2) is 43.4 Å². The second kappa shape index (κ2) is 9.17. The molecule has 1 heterocycles. The van der Waals surface area contributed by atoms with E-state index >= 15 is 0 Å². The summed E-state index contributed by atoms with van der Waals surface area (Å²) in [4.78, 5) is 26.8. The van der Waals surface area contributed by atoms with Crippen molar-refractivity contribution in [1.29, 1.82) is 0 Å². The Morgan fingerprint density at radius 3 is 2.50 bits per heavy atom. The Labute approximate surface area is 156 Å². The minimum absolute atomic E-state index is 0.118. The molecule has 0 radical (unpaired) electrons. The van der Waals surface area contributed by atoms with Gasteiger partial charge in [-0.2, -0.15) is 0 Å². The van der Waals surface area contributed by atoms with E-state index in [4.69, 9.17) is 0 Å². The van der Waals surface area contributed by atoms with Gasteiger partial charge in [0, 0.05) is 31.1 Å². The van der Waals surface area contributed by atoms with Crippen LogP contribution in [0.15, 0.2) is 24.3 Å². The monoisotopic (exact) mass is 357 g/mol. The lowest BCUT2D eigenvalue weighted by atomic mass is 9.97. The van der Waals surface area contributed by atoms with Crippen LogP contribution in [0.5, 0.6) is 0 Å². The summed E-state index contributed by atoms with van der Waals surface area (Å²) in [5, 5.41) is 6.25. The van der Waals surface area contributed by atoms with Crippen LogP contribution in [0.25, 0.3) is 0 Å². The summed E-state index contributed by atoms with van der Waals surface area (Å²) >= 11 is 0. The number of amides is 2. The molecule has 1 aliphatic heterocycles. The molecule has 0 spiro atoms. The van der Waals surface area contributed by atoms with Crippen LogP contribution in [0.2, 0.25) is 0 Å². The van der Waals surface area contributed by atoms with Crippen LogP contribution in [-0.2, 0) is 11.3 Å². The van der Waals surface area contributed by atoms with Crippen LogP contribution in [0.4, 0.5) is 0 Å². The Hall–Kier alpha value is -1.88. The van der Waals surface area contributed by atoms with Gasteiger partial charge in [0.25, 0.3) is 5.91 Å². The average Bonchev–Trinajstić information content (AvgIpc) is 3.21. The SMILES string of the molecule is CNCC1CCCN(C(=O)c2ccc(CNC(=O)C3CCCC3)cc2)C1. The summed E-state index contributed by atoms with van der Waals surface area (Å²) in [7, 11) is 1.96. The lowest BCUT2D eigenvalue weighted by Crippen LogP contribution is -2.42. The minimum atomic E-state index is 0.118. The molecule has 0 aromatic heterocycles. The smallest absolute Gasteiger partial charge is 0.253 e. The summed E-state index contributed by atoms with van der Waals surface area (Å²) in [5.41, 5.74) is 1.78. The Kier molecular flexibility index (Phi) is 6.67. The highest BCUT2D eigenvalue weighted by Crippen LogP contribution is 2.24. The van der Waals surface area contributed by atoms with E-state index in [1.807, 2.05) is 36.2 Å². The van der Waals surface area contributed by atoms with Crippen molar-refractivity contribution in [1.82, 2.24) is 15.5 Å². The van der Waals surface area contributed by atoms with Crippen LogP contribution in [0.3, 0.4) is 0 Å². The standard InChI is InChI=1S/C21H31N3O2/c1-22-13-17-5-4-12-24(15-17)21(26)19-10-8-16(9-11-19)14-23-20(25)18-6-2-3-7-18/h8-11,17-18,22H,2-7,12-15H2,1H3,(H,23,25). The quantitative estimate of drug-likeness (QED) is 0.823. The van der Waals surface area contributed by atoms with Crippen LogP contribution < -0.4 is 10.6 Å². The molecule has 5 heteroatoms. The number of hydrogen-bond donors (Lipinski definition) is 2. The number of carbonyl (C=O) groups is 2. The molecular weight excluding hydrogens is 326 g/mol. The normalized spacial score (nSPS) is 21.0. The molecule has 2 aliphatic rings. The molecule has 1 aliphatic carbocycles. The van der Waals surface area contributed by atoms with Crippen molar-refractivity contribution >= 4 is 11.8 Å². The predicted molar refractivity (Wildman–Crippen MR) is 103 cm³/mol. The summed E-state index contributed by atoms with van der Waals surface area (Å²) in [5.74, 6) is 1.03.